The molecule has 0 fully saturated rings. The normalized spacial score (nSPS) is 11.6. The Morgan fingerprint density at radius 1 is 0.293 bits per heavy atom. The van der Waals surface area contributed by atoms with Gasteiger partial charge in [-0.25, -0.2) is 18.7 Å². The third-order valence-corrected chi connectivity index (χ3v) is 10.4. The van der Waals surface area contributed by atoms with E-state index in [1.54, 1.807) is 24.3 Å². The molecule has 0 aliphatic rings. The molecular formula is C48H28F2N8. The predicted molar refractivity (Wildman–Crippen MR) is 224 cm³/mol. The van der Waals surface area contributed by atoms with Crippen LogP contribution in [0.25, 0.3) is 101 Å². The lowest BCUT2D eigenvalue weighted by Crippen LogP contribution is -2.07. The summed E-state index contributed by atoms with van der Waals surface area (Å²) in [7, 11) is 0. The Labute approximate surface area is 329 Å². The van der Waals surface area contributed by atoms with E-state index in [0.29, 0.717) is 46.3 Å². The first kappa shape index (κ1) is 33.4. The summed E-state index contributed by atoms with van der Waals surface area (Å²) in [5, 5.41) is 4.05. The highest BCUT2D eigenvalue weighted by molar-refractivity contribution is 6.19. The van der Waals surface area contributed by atoms with Gasteiger partial charge in [0.15, 0.2) is 23.3 Å². The van der Waals surface area contributed by atoms with Crippen molar-refractivity contribution in [1.82, 2.24) is 39.0 Å². The Morgan fingerprint density at radius 3 is 1.03 bits per heavy atom. The lowest BCUT2D eigenvalue weighted by molar-refractivity contribution is 0.627. The standard InChI is InChI=1S/C48H28F2N8/c49-33-23-19-31(20-24-33)45-52-46(32-21-25-34(50)26-22-32)56-48(55-45)58-40-18-10-8-16-36(40)38-27-37-35-15-7-9-17-39(35)57(41(37)28-42(38)58)47-53-43(29-11-3-1-4-12-29)51-44(54-47)30-13-5-2-6-14-30/h1-28H. The SMILES string of the molecule is Fc1ccc(-c2nc(-c3ccc(F)cc3)nc(-n3c4ccccc4c4cc5c6ccccc6n(-c6nc(-c7ccccc7)nc(-c7ccccc7)n6)c5cc43)n2)cc1. The number of aromatic nitrogens is 8. The number of halogens is 2. The molecular weight excluding hydrogens is 727 g/mol. The molecule has 0 saturated heterocycles. The summed E-state index contributed by atoms with van der Waals surface area (Å²) in [6.07, 6.45) is 0. The fraction of sp³-hybridized carbons (Fsp3) is 0. The third-order valence-electron chi connectivity index (χ3n) is 10.4. The number of hydrogen-bond acceptors (Lipinski definition) is 6. The molecule has 0 atom stereocenters. The lowest BCUT2D eigenvalue weighted by Gasteiger charge is -2.12. The molecule has 11 aromatic rings. The van der Waals surface area contributed by atoms with E-state index in [2.05, 4.69) is 34.9 Å². The Hall–Kier alpha value is -7.98. The van der Waals surface area contributed by atoms with Crippen molar-refractivity contribution < 1.29 is 8.78 Å². The third kappa shape index (κ3) is 5.57. The van der Waals surface area contributed by atoms with Crippen LogP contribution in [-0.4, -0.2) is 39.0 Å². The molecule has 4 aromatic heterocycles. The Balaban J connectivity index is 1.22. The van der Waals surface area contributed by atoms with Crippen molar-refractivity contribution in [2.45, 2.75) is 0 Å². The van der Waals surface area contributed by atoms with E-state index < -0.39 is 0 Å². The zero-order valence-electron chi connectivity index (χ0n) is 30.5. The molecule has 7 aromatic carbocycles. The first-order chi connectivity index (χ1) is 28.6. The second-order valence-corrected chi connectivity index (χ2v) is 13.9. The maximum Gasteiger partial charge on any atom is 0.238 e. The van der Waals surface area contributed by atoms with Crippen LogP contribution in [-0.2, 0) is 0 Å². The van der Waals surface area contributed by atoms with E-state index in [-0.39, 0.29) is 11.6 Å². The zero-order valence-corrected chi connectivity index (χ0v) is 30.5. The van der Waals surface area contributed by atoms with Gasteiger partial charge in [-0.3, -0.25) is 9.13 Å². The summed E-state index contributed by atoms with van der Waals surface area (Å²) >= 11 is 0. The molecule has 0 radical (unpaired) electrons. The minimum absolute atomic E-state index is 0.345. The zero-order chi connectivity index (χ0) is 38.7. The molecule has 274 valence electrons. The first-order valence-electron chi connectivity index (χ1n) is 18.7. The highest BCUT2D eigenvalue weighted by Gasteiger charge is 2.23. The van der Waals surface area contributed by atoms with Gasteiger partial charge in [0.2, 0.25) is 11.9 Å². The van der Waals surface area contributed by atoms with Gasteiger partial charge in [-0.2, -0.15) is 19.9 Å². The molecule has 4 heterocycles. The van der Waals surface area contributed by atoms with E-state index >= 15 is 0 Å². The van der Waals surface area contributed by atoms with Gasteiger partial charge in [-0.1, -0.05) is 97.1 Å². The molecule has 0 amide bonds. The summed E-state index contributed by atoms with van der Waals surface area (Å²) in [5.41, 5.74) is 6.46. The monoisotopic (exact) mass is 754 g/mol. The van der Waals surface area contributed by atoms with Crippen LogP contribution in [0.15, 0.2) is 170 Å². The molecule has 0 aliphatic carbocycles. The van der Waals surface area contributed by atoms with Crippen LogP contribution in [0.2, 0.25) is 0 Å². The highest BCUT2D eigenvalue weighted by atomic mass is 19.1. The highest BCUT2D eigenvalue weighted by Crippen LogP contribution is 2.39. The summed E-state index contributed by atoms with van der Waals surface area (Å²) in [4.78, 5) is 30.0. The summed E-state index contributed by atoms with van der Waals surface area (Å²) < 4.78 is 32.3. The minimum Gasteiger partial charge on any atom is -0.278 e. The van der Waals surface area contributed by atoms with E-state index in [1.807, 2.05) is 95.6 Å². The van der Waals surface area contributed by atoms with Crippen LogP contribution in [0.4, 0.5) is 8.78 Å². The van der Waals surface area contributed by atoms with Crippen LogP contribution in [0.1, 0.15) is 0 Å². The smallest absolute Gasteiger partial charge is 0.238 e. The largest absolute Gasteiger partial charge is 0.278 e. The molecule has 58 heavy (non-hydrogen) atoms. The average molecular weight is 755 g/mol. The van der Waals surface area contributed by atoms with Crippen LogP contribution < -0.4 is 0 Å². The van der Waals surface area contributed by atoms with Gasteiger partial charge in [0.25, 0.3) is 0 Å². The number of fused-ring (bicyclic) bond motifs is 6. The minimum atomic E-state index is -0.372. The van der Waals surface area contributed by atoms with Crippen molar-refractivity contribution in [1.29, 1.82) is 0 Å². The molecule has 8 nitrogen and oxygen atoms in total. The van der Waals surface area contributed by atoms with Crippen LogP contribution >= 0.6 is 0 Å². The van der Waals surface area contributed by atoms with Gasteiger partial charge in [0.1, 0.15) is 11.6 Å². The van der Waals surface area contributed by atoms with Crippen molar-refractivity contribution >= 4 is 43.6 Å². The van der Waals surface area contributed by atoms with E-state index in [4.69, 9.17) is 29.9 Å². The topological polar surface area (TPSA) is 87.2 Å². The molecule has 0 aliphatic heterocycles. The predicted octanol–water partition coefficient (Wildman–Crippen LogP) is 11.2. The molecule has 0 saturated carbocycles. The fourth-order valence-electron chi connectivity index (χ4n) is 7.68. The summed E-state index contributed by atoms with van der Waals surface area (Å²) in [6.45, 7) is 0. The maximum absolute atomic E-state index is 14.1. The van der Waals surface area contributed by atoms with E-state index in [9.17, 15) is 8.78 Å². The average Bonchev–Trinajstić information content (AvgIpc) is 3.78. The first-order valence-corrected chi connectivity index (χ1v) is 18.7. The number of benzene rings is 7. The van der Waals surface area contributed by atoms with Gasteiger partial charge in [0, 0.05) is 43.8 Å². The number of rotatable bonds is 6. The van der Waals surface area contributed by atoms with Crippen molar-refractivity contribution in [2.24, 2.45) is 0 Å². The van der Waals surface area contributed by atoms with Crippen molar-refractivity contribution in [3.05, 3.63) is 181 Å². The quantitative estimate of drug-likeness (QED) is 0.168. The fourth-order valence-corrected chi connectivity index (χ4v) is 7.68. The van der Waals surface area contributed by atoms with Gasteiger partial charge in [0.05, 0.1) is 22.1 Å². The molecule has 10 heteroatoms. The molecule has 0 unspecified atom stereocenters. The molecule has 11 rings (SSSR count). The van der Waals surface area contributed by atoms with Crippen molar-refractivity contribution in [2.75, 3.05) is 0 Å². The second kappa shape index (κ2) is 13.3. The van der Waals surface area contributed by atoms with Crippen molar-refractivity contribution in [3.63, 3.8) is 0 Å². The number of hydrogen-bond donors (Lipinski definition) is 0. The lowest BCUT2D eigenvalue weighted by atomic mass is 10.1. The van der Waals surface area contributed by atoms with Crippen LogP contribution in [0.3, 0.4) is 0 Å². The second-order valence-electron chi connectivity index (χ2n) is 13.9. The Kier molecular flexibility index (Phi) is 7.68. The molecule has 0 spiro atoms. The van der Waals surface area contributed by atoms with Gasteiger partial charge in [-0.15, -0.1) is 0 Å². The van der Waals surface area contributed by atoms with Crippen molar-refractivity contribution in [3.8, 4) is 57.4 Å². The van der Waals surface area contributed by atoms with Gasteiger partial charge in [-0.05, 0) is 72.8 Å². The maximum atomic E-state index is 14.1. The Morgan fingerprint density at radius 2 is 0.638 bits per heavy atom. The van der Waals surface area contributed by atoms with Gasteiger partial charge < -0.3 is 0 Å². The van der Waals surface area contributed by atoms with Crippen LogP contribution in [0.5, 0.6) is 0 Å². The summed E-state index contributed by atoms with van der Waals surface area (Å²) in [5.74, 6) is 1.87. The Bertz CT molecular complexity index is 3220. The van der Waals surface area contributed by atoms with Crippen LogP contribution in [0, 0.1) is 11.6 Å². The molecule has 0 N–H and O–H groups in total. The van der Waals surface area contributed by atoms with Gasteiger partial charge >= 0.3 is 0 Å². The summed E-state index contributed by atoms with van der Waals surface area (Å²) in [6, 6.07) is 52.6. The molecule has 0 bridgehead atoms. The number of para-hydroxylation sites is 2. The van der Waals surface area contributed by atoms with E-state index in [0.717, 1.165) is 54.7 Å². The van der Waals surface area contributed by atoms with E-state index in [1.165, 1.54) is 24.3 Å². The number of nitrogens with zero attached hydrogens (tertiary/aromatic N) is 8.